The number of carbonyl (C=O) groups is 3. The molecule has 0 unspecified atom stereocenters. The quantitative estimate of drug-likeness (QED) is 0.0703. The van der Waals surface area contributed by atoms with Gasteiger partial charge in [0.1, 0.15) is 18.2 Å². The number of hydrogen-bond donors (Lipinski definition) is 4. The van der Waals surface area contributed by atoms with Crippen molar-refractivity contribution in [2.75, 3.05) is 34.9 Å². The maximum atomic E-state index is 14.4. The van der Waals surface area contributed by atoms with Crippen LogP contribution in [-0.2, 0) is 38.1 Å². The molecule has 14 nitrogen and oxygen atoms in total. The zero-order valence-corrected chi connectivity index (χ0v) is 36.9. The molecular weight excluding hydrogens is 760 g/mol. The number of amides is 1. The van der Waals surface area contributed by atoms with Crippen LogP contribution in [-0.4, -0.2) is 143 Å². The highest BCUT2D eigenvalue weighted by Crippen LogP contribution is 2.39. The van der Waals surface area contributed by atoms with Crippen molar-refractivity contribution in [1.29, 1.82) is 0 Å². The van der Waals surface area contributed by atoms with Gasteiger partial charge in [0.2, 0.25) is 11.5 Å². The third kappa shape index (κ3) is 11.7. The Morgan fingerprint density at radius 2 is 1.63 bits per heavy atom. The van der Waals surface area contributed by atoms with Crippen molar-refractivity contribution in [2.24, 2.45) is 29.6 Å². The van der Waals surface area contributed by atoms with Gasteiger partial charge in [-0.1, -0.05) is 44.6 Å². The van der Waals surface area contributed by atoms with E-state index < -0.39 is 77.9 Å². The molecule has 1 aliphatic carbocycles. The van der Waals surface area contributed by atoms with E-state index in [0.717, 1.165) is 10.3 Å². The number of piperidine rings is 1. The smallest absolute Gasteiger partial charge is 0.329 e. The number of hydrogen-bond acceptors (Lipinski definition) is 12. The standard InChI is InChI=1S/C45H73N2O12/c1-11-14-32-20-26(2)19-27(3)21-38(56-9)41-39(57-10)23-29(5)45(53,59-41)42(50)43(51)47-18-13-12-15-33(47)44(52)58-40(30(6)36(49)25-34(32)46(7)54)28(4)22-31-16-17-35(48)37(24-31)55-8/h11,20,22,27,29-33,35-41,48-49,53-54H,1,12-19,21,23-25H2,2-10H3/q+1/b26-20+,28-22+,46-34+/t27-,29+,30+,31-,32+,33-,35+,36-,37+,38-,39-,40+,41+,45+/m0/s1. The predicted molar refractivity (Wildman–Crippen MR) is 221 cm³/mol. The van der Waals surface area contributed by atoms with E-state index in [1.807, 2.05) is 19.9 Å². The topological polar surface area (TPSA) is 185 Å². The van der Waals surface area contributed by atoms with E-state index in [-0.39, 0.29) is 49.7 Å². The summed E-state index contributed by atoms with van der Waals surface area (Å²) in [5.74, 6) is -7.24. The lowest BCUT2D eigenvalue weighted by atomic mass is 9.81. The Hall–Kier alpha value is -2.98. The Balaban J connectivity index is 1.83. The van der Waals surface area contributed by atoms with Gasteiger partial charge in [0.15, 0.2) is 7.05 Å². The molecule has 0 radical (unpaired) electrons. The van der Waals surface area contributed by atoms with Crippen LogP contribution in [0.1, 0.15) is 105 Å². The number of hydroxylamine groups is 1. The molecule has 0 aromatic carbocycles. The van der Waals surface area contributed by atoms with Crippen molar-refractivity contribution in [3.05, 3.63) is 36.0 Å². The molecule has 3 aliphatic heterocycles. The lowest BCUT2D eigenvalue weighted by molar-refractivity contribution is -0.756. The van der Waals surface area contributed by atoms with Gasteiger partial charge in [-0.15, -0.1) is 6.58 Å². The minimum atomic E-state index is -2.51. The summed E-state index contributed by atoms with van der Waals surface area (Å²) in [6.07, 6.45) is 5.81. The Bertz CT molecular complexity index is 1560. The van der Waals surface area contributed by atoms with Crippen molar-refractivity contribution in [3.8, 4) is 0 Å². The summed E-state index contributed by atoms with van der Waals surface area (Å²) in [7, 11) is 6.17. The lowest BCUT2D eigenvalue weighted by Gasteiger charge is -2.47. The minimum absolute atomic E-state index is 0.00227. The Morgan fingerprint density at radius 3 is 2.25 bits per heavy atom. The molecular formula is C45H73N2O12+. The number of ketones is 1. The first-order chi connectivity index (χ1) is 27.9. The molecule has 14 heteroatoms. The highest BCUT2D eigenvalue weighted by molar-refractivity contribution is 6.39. The normalized spacial score (nSPS) is 40.8. The summed E-state index contributed by atoms with van der Waals surface area (Å²) >= 11 is 0. The van der Waals surface area contributed by atoms with Gasteiger partial charge < -0.3 is 43.9 Å². The zero-order chi connectivity index (χ0) is 43.8. The van der Waals surface area contributed by atoms with Gasteiger partial charge in [0.05, 0.1) is 42.9 Å². The molecule has 1 amide bonds. The van der Waals surface area contributed by atoms with Crippen LogP contribution >= 0.6 is 0 Å². The van der Waals surface area contributed by atoms with Gasteiger partial charge in [-0.25, -0.2) is 4.79 Å². The number of allylic oxidation sites excluding steroid dienone is 4. The van der Waals surface area contributed by atoms with E-state index in [1.54, 1.807) is 27.0 Å². The second-order valence-electron chi connectivity index (χ2n) is 17.8. The van der Waals surface area contributed by atoms with Crippen LogP contribution in [0.4, 0.5) is 0 Å². The molecule has 0 spiro atoms. The fraction of sp³-hybridized carbons (Fsp3) is 0.778. The van der Waals surface area contributed by atoms with Crippen molar-refractivity contribution in [3.63, 3.8) is 0 Å². The van der Waals surface area contributed by atoms with Gasteiger partial charge in [0, 0.05) is 39.7 Å². The van der Waals surface area contributed by atoms with E-state index >= 15 is 0 Å². The molecule has 4 rings (SSSR count). The van der Waals surface area contributed by atoms with E-state index in [1.165, 1.54) is 26.2 Å². The maximum absolute atomic E-state index is 14.4. The molecule has 2 bridgehead atoms. The molecule has 59 heavy (non-hydrogen) atoms. The molecule has 2 saturated heterocycles. The Morgan fingerprint density at radius 1 is 0.966 bits per heavy atom. The predicted octanol–water partition coefficient (Wildman–Crippen LogP) is 4.54. The van der Waals surface area contributed by atoms with Crippen LogP contribution in [0.5, 0.6) is 0 Å². The van der Waals surface area contributed by atoms with Gasteiger partial charge >= 0.3 is 5.97 Å². The summed E-state index contributed by atoms with van der Waals surface area (Å²) in [6, 6.07) is -1.13. The molecule has 1 saturated carbocycles. The van der Waals surface area contributed by atoms with E-state index in [4.69, 9.17) is 23.7 Å². The fourth-order valence-corrected chi connectivity index (χ4v) is 9.81. The van der Waals surface area contributed by atoms with Crippen LogP contribution in [0.3, 0.4) is 0 Å². The molecule has 4 N–H and O–H groups in total. The second-order valence-corrected chi connectivity index (χ2v) is 17.8. The third-order valence-corrected chi connectivity index (χ3v) is 13.3. The van der Waals surface area contributed by atoms with Crippen molar-refractivity contribution >= 4 is 23.4 Å². The monoisotopic (exact) mass is 834 g/mol. The van der Waals surface area contributed by atoms with Crippen LogP contribution in [0.15, 0.2) is 36.0 Å². The number of cyclic esters (lactones) is 1. The first-order valence-corrected chi connectivity index (χ1v) is 21.6. The minimum Gasteiger partial charge on any atom is -0.456 e. The number of carbonyl (C=O) groups excluding carboxylic acids is 3. The van der Waals surface area contributed by atoms with Crippen LogP contribution in [0.25, 0.3) is 0 Å². The summed E-state index contributed by atoms with van der Waals surface area (Å²) in [5.41, 5.74) is 2.27. The molecule has 334 valence electrons. The van der Waals surface area contributed by atoms with Gasteiger partial charge in [-0.2, -0.15) is 0 Å². The SMILES string of the molecule is C=CC[C@@H]1/C=C(\C)C[C@H](C)C[C@H](OC)[C@H]2O[C@@](O)(C(=O)C(=O)N3CCCC[C@H]3C(=O)O[C@H](/C(C)=C/[C@@H]3CC[C@@H](O)[C@H](OC)C3)[C@H](C)[C@@H](O)C/C1=[N+](/C)O)[C@H](C)C[C@@H]2OC. The number of fused-ring (bicyclic) bond motifs is 3. The number of rotatable bonds is 7. The molecule has 0 aromatic rings. The van der Waals surface area contributed by atoms with Gasteiger partial charge in [-0.05, 0) is 100 Å². The molecule has 3 fully saturated rings. The average molecular weight is 834 g/mol. The largest absolute Gasteiger partial charge is 0.456 e. The molecule has 0 aromatic heterocycles. The zero-order valence-electron chi connectivity index (χ0n) is 36.9. The van der Waals surface area contributed by atoms with E-state index in [2.05, 4.69) is 19.6 Å². The van der Waals surface area contributed by atoms with Gasteiger partial charge in [0.25, 0.3) is 11.7 Å². The molecule has 4 aliphatic rings. The number of aliphatic hydroxyl groups is 3. The maximum Gasteiger partial charge on any atom is 0.329 e. The molecule has 3 heterocycles. The Kier molecular flexibility index (Phi) is 17.9. The van der Waals surface area contributed by atoms with E-state index in [9.17, 15) is 34.9 Å². The summed E-state index contributed by atoms with van der Waals surface area (Å²) < 4.78 is 31.0. The van der Waals surface area contributed by atoms with Crippen LogP contribution in [0, 0.1) is 29.6 Å². The second kappa shape index (κ2) is 21.7. The average Bonchev–Trinajstić information content (AvgIpc) is 3.20. The number of aliphatic hydroxyl groups excluding tert-OH is 2. The number of ether oxygens (including phenoxy) is 5. The van der Waals surface area contributed by atoms with Crippen molar-refractivity contribution in [1.82, 2.24) is 4.90 Å². The number of Topliss-reactive ketones (excluding diaryl/α,β-unsaturated/α-hetero) is 1. The van der Waals surface area contributed by atoms with Crippen LogP contribution < -0.4 is 0 Å². The highest BCUT2D eigenvalue weighted by atomic mass is 16.7. The van der Waals surface area contributed by atoms with Crippen molar-refractivity contribution in [2.45, 2.75) is 160 Å². The number of nitrogens with zero attached hydrogens (tertiary/aromatic N) is 2. The first-order valence-electron chi connectivity index (χ1n) is 21.6. The Labute approximate surface area is 351 Å². The number of methoxy groups -OCH3 is 3. The van der Waals surface area contributed by atoms with Crippen LogP contribution in [0.2, 0.25) is 0 Å². The molecule has 14 atom stereocenters. The van der Waals surface area contributed by atoms with Gasteiger partial charge in [-0.3, -0.25) is 14.8 Å². The van der Waals surface area contributed by atoms with E-state index in [0.29, 0.717) is 62.7 Å². The fourth-order valence-electron chi connectivity index (χ4n) is 9.81. The summed E-state index contributed by atoms with van der Waals surface area (Å²) in [6.45, 7) is 13.4. The van der Waals surface area contributed by atoms with Crippen molar-refractivity contribution < 1.29 is 63.3 Å². The number of esters is 1. The third-order valence-electron chi connectivity index (χ3n) is 13.3. The summed E-state index contributed by atoms with van der Waals surface area (Å²) in [5, 5.41) is 45.6. The first kappa shape index (κ1) is 48.7. The highest BCUT2D eigenvalue weighted by Gasteiger charge is 2.56. The summed E-state index contributed by atoms with van der Waals surface area (Å²) in [4.78, 5) is 44.2. The lowest BCUT2D eigenvalue weighted by Crippen LogP contribution is -2.64.